The van der Waals surface area contributed by atoms with Crippen molar-refractivity contribution in [3.8, 4) is 17.2 Å². The first-order valence-corrected chi connectivity index (χ1v) is 12.0. The number of nitrogens with zero attached hydrogens (tertiary/aromatic N) is 3. The summed E-state index contributed by atoms with van der Waals surface area (Å²) >= 11 is 12.4. The molecule has 0 amide bonds. The van der Waals surface area contributed by atoms with E-state index in [1.165, 1.54) is 0 Å². The molecule has 0 saturated carbocycles. The molecule has 35 heavy (non-hydrogen) atoms. The normalized spacial score (nSPS) is 17.4. The second-order valence-corrected chi connectivity index (χ2v) is 9.04. The van der Waals surface area contributed by atoms with Crippen molar-refractivity contribution < 1.29 is 9.47 Å². The van der Waals surface area contributed by atoms with Gasteiger partial charge in [-0.1, -0.05) is 17.7 Å². The molecule has 2 atom stereocenters. The average molecular weight is 505 g/mol. The lowest BCUT2D eigenvalue weighted by molar-refractivity contribution is 0.414. The molecule has 1 aliphatic rings. The van der Waals surface area contributed by atoms with E-state index < -0.39 is 0 Å². The Morgan fingerprint density at radius 1 is 0.943 bits per heavy atom. The summed E-state index contributed by atoms with van der Waals surface area (Å²) in [6.45, 7) is 2.10. The highest BCUT2D eigenvalue weighted by Gasteiger charge is 2.42. The van der Waals surface area contributed by atoms with Crippen molar-refractivity contribution >= 4 is 34.6 Å². The molecule has 1 saturated heterocycles. The van der Waals surface area contributed by atoms with Crippen LogP contribution in [-0.2, 0) is 0 Å². The highest BCUT2D eigenvalue weighted by atomic mass is 35.5. The molecule has 178 valence electrons. The zero-order chi connectivity index (χ0) is 24.5. The van der Waals surface area contributed by atoms with Crippen LogP contribution >= 0.6 is 23.8 Å². The molecular weight excluding hydrogens is 480 g/mol. The predicted octanol–water partition coefficient (Wildman–Crippen LogP) is 6.03. The van der Waals surface area contributed by atoms with E-state index in [9.17, 15) is 0 Å². The molecule has 8 heteroatoms. The first kappa shape index (κ1) is 23.2. The lowest BCUT2D eigenvalue weighted by Gasteiger charge is -2.29. The Morgan fingerprint density at radius 3 is 2.37 bits per heavy atom. The smallest absolute Gasteiger partial charge is 0.174 e. The standard InChI is InChI=1S/C27H25ClN4O2S/c1-17-7-13-23(31(17)18-8-11-20(33-2)12-9-18)26-25(22-6-4-5-15-29-22)30-27(35)32(26)19-10-14-24(34-3)21(28)16-19/h4-16,25-26H,1-3H3,(H,30,35). The van der Waals surface area contributed by atoms with E-state index in [0.29, 0.717) is 15.9 Å². The van der Waals surface area contributed by atoms with Gasteiger partial charge < -0.3 is 24.3 Å². The van der Waals surface area contributed by atoms with Crippen LogP contribution < -0.4 is 19.7 Å². The molecule has 0 bridgehead atoms. The molecular formula is C27H25ClN4O2S. The number of rotatable bonds is 6. The molecule has 6 nitrogen and oxygen atoms in total. The van der Waals surface area contributed by atoms with Crippen LogP contribution in [-0.4, -0.2) is 28.9 Å². The van der Waals surface area contributed by atoms with E-state index in [-0.39, 0.29) is 12.1 Å². The van der Waals surface area contributed by atoms with Crippen LogP contribution in [0.15, 0.2) is 79.0 Å². The van der Waals surface area contributed by atoms with Crippen LogP contribution in [0.25, 0.3) is 5.69 Å². The number of hydrogen-bond donors (Lipinski definition) is 1. The van der Waals surface area contributed by atoms with Gasteiger partial charge in [0.25, 0.3) is 0 Å². The van der Waals surface area contributed by atoms with Crippen LogP contribution in [0.3, 0.4) is 0 Å². The van der Waals surface area contributed by atoms with Gasteiger partial charge in [-0.3, -0.25) is 4.98 Å². The zero-order valence-electron chi connectivity index (χ0n) is 19.6. The summed E-state index contributed by atoms with van der Waals surface area (Å²) in [5.41, 5.74) is 4.99. The molecule has 0 aliphatic carbocycles. The minimum absolute atomic E-state index is 0.170. The summed E-state index contributed by atoms with van der Waals surface area (Å²) in [6.07, 6.45) is 1.80. The van der Waals surface area contributed by atoms with E-state index in [2.05, 4.69) is 51.0 Å². The first-order chi connectivity index (χ1) is 17.0. The molecule has 0 radical (unpaired) electrons. The minimum atomic E-state index is -0.183. The SMILES string of the molecule is COc1ccc(-n2c(C)ccc2C2C(c3ccccn3)NC(=S)N2c2ccc(OC)c(Cl)c2)cc1. The average Bonchev–Trinajstić information content (AvgIpc) is 3.43. The van der Waals surface area contributed by atoms with E-state index >= 15 is 0 Å². The molecule has 2 aromatic carbocycles. The van der Waals surface area contributed by atoms with E-state index in [4.69, 9.17) is 33.3 Å². The summed E-state index contributed by atoms with van der Waals surface area (Å²) in [7, 11) is 3.27. The molecule has 5 rings (SSSR count). The number of aromatic nitrogens is 2. The fraction of sp³-hybridized carbons (Fsp3) is 0.185. The number of methoxy groups -OCH3 is 2. The number of nitrogens with one attached hydrogen (secondary N) is 1. The van der Waals surface area contributed by atoms with Gasteiger partial charge in [0.05, 0.1) is 31.0 Å². The minimum Gasteiger partial charge on any atom is -0.497 e. The van der Waals surface area contributed by atoms with Crippen molar-refractivity contribution in [2.75, 3.05) is 19.1 Å². The first-order valence-electron chi connectivity index (χ1n) is 11.2. The number of thiocarbonyl (C=S) groups is 1. The van der Waals surface area contributed by atoms with Crippen LogP contribution in [0, 0.1) is 6.92 Å². The van der Waals surface area contributed by atoms with Gasteiger partial charge in [-0.05, 0) is 85.9 Å². The number of anilines is 1. The van der Waals surface area contributed by atoms with Crippen molar-refractivity contribution in [1.82, 2.24) is 14.9 Å². The number of ether oxygens (including phenoxy) is 2. The van der Waals surface area contributed by atoms with Gasteiger partial charge in [-0.25, -0.2) is 0 Å². The maximum atomic E-state index is 6.52. The number of hydrogen-bond acceptors (Lipinski definition) is 4. The highest BCUT2D eigenvalue weighted by Crippen LogP contribution is 2.44. The van der Waals surface area contributed by atoms with E-state index in [1.54, 1.807) is 20.4 Å². The van der Waals surface area contributed by atoms with Gasteiger partial charge in [-0.2, -0.15) is 0 Å². The van der Waals surface area contributed by atoms with Crippen LogP contribution in [0.1, 0.15) is 29.2 Å². The number of aryl methyl sites for hydroxylation is 1. The molecule has 3 heterocycles. The molecule has 1 fully saturated rings. The van der Waals surface area contributed by atoms with Crippen molar-refractivity contribution in [2.24, 2.45) is 0 Å². The van der Waals surface area contributed by atoms with Crippen molar-refractivity contribution in [3.05, 3.63) is 101 Å². The lowest BCUT2D eigenvalue weighted by atomic mass is 10.0. The zero-order valence-corrected chi connectivity index (χ0v) is 21.2. The molecule has 1 N–H and O–H groups in total. The van der Waals surface area contributed by atoms with Gasteiger partial charge in [0.15, 0.2) is 5.11 Å². The second-order valence-electron chi connectivity index (χ2n) is 8.25. The molecule has 2 aromatic heterocycles. The summed E-state index contributed by atoms with van der Waals surface area (Å²) in [5, 5.41) is 4.64. The van der Waals surface area contributed by atoms with E-state index in [1.807, 2.05) is 48.5 Å². The monoisotopic (exact) mass is 504 g/mol. The topological polar surface area (TPSA) is 51.5 Å². The Labute approximate surface area is 215 Å². The maximum Gasteiger partial charge on any atom is 0.174 e. The number of halogens is 1. The number of pyridine rings is 1. The Kier molecular flexibility index (Phi) is 6.36. The highest BCUT2D eigenvalue weighted by molar-refractivity contribution is 7.80. The maximum absolute atomic E-state index is 6.52. The van der Waals surface area contributed by atoms with Gasteiger partial charge >= 0.3 is 0 Å². The van der Waals surface area contributed by atoms with Crippen molar-refractivity contribution in [2.45, 2.75) is 19.0 Å². The Bertz CT molecular complexity index is 1360. The fourth-order valence-electron chi connectivity index (χ4n) is 4.61. The van der Waals surface area contributed by atoms with Crippen LogP contribution in [0.5, 0.6) is 11.5 Å². The van der Waals surface area contributed by atoms with Crippen LogP contribution in [0.4, 0.5) is 5.69 Å². The van der Waals surface area contributed by atoms with Crippen LogP contribution in [0.2, 0.25) is 5.02 Å². The molecule has 4 aromatic rings. The molecule has 0 spiro atoms. The number of benzene rings is 2. The third-order valence-corrected chi connectivity index (χ3v) is 6.86. The van der Waals surface area contributed by atoms with E-state index in [0.717, 1.165) is 34.2 Å². The fourth-order valence-corrected chi connectivity index (χ4v) is 5.21. The Balaban J connectivity index is 1.68. The third kappa shape index (κ3) is 4.22. The van der Waals surface area contributed by atoms with Gasteiger partial charge in [0.1, 0.15) is 17.5 Å². The largest absolute Gasteiger partial charge is 0.497 e. The lowest BCUT2D eigenvalue weighted by Crippen LogP contribution is -2.30. The quantitative estimate of drug-likeness (QED) is 0.324. The van der Waals surface area contributed by atoms with Crippen molar-refractivity contribution in [1.29, 1.82) is 0 Å². The Hall–Kier alpha value is -3.55. The van der Waals surface area contributed by atoms with Gasteiger partial charge in [0, 0.05) is 29.0 Å². The van der Waals surface area contributed by atoms with Gasteiger partial charge in [0.2, 0.25) is 0 Å². The summed E-state index contributed by atoms with van der Waals surface area (Å²) in [6, 6.07) is 23.6. The molecule has 1 aliphatic heterocycles. The summed E-state index contributed by atoms with van der Waals surface area (Å²) < 4.78 is 13.0. The molecule has 2 unspecified atom stereocenters. The predicted molar refractivity (Wildman–Crippen MR) is 143 cm³/mol. The summed E-state index contributed by atoms with van der Waals surface area (Å²) in [4.78, 5) is 6.76. The van der Waals surface area contributed by atoms with Gasteiger partial charge in [-0.15, -0.1) is 0 Å². The third-order valence-electron chi connectivity index (χ3n) is 6.25. The summed E-state index contributed by atoms with van der Waals surface area (Å²) in [5.74, 6) is 1.42. The second kappa shape index (κ2) is 9.60. The van der Waals surface area contributed by atoms with Crippen molar-refractivity contribution in [3.63, 3.8) is 0 Å². The Morgan fingerprint density at radius 2 is 1.71 bits per heavy atom.